The Kier molecular flexibility index (Phi) is 9.10. The third kappa shape index (κ3) is 5.86. The van der Waals surface area contributed by atoms with E-state index in [1.54, 1.807) is 7.11 Å². The summed E-state index contributed by atoms with van der Waals surface area (Å²) in [6, 6.07) is 18.1. The predicted molar refractivity (Wildman–Crippen MR) is 119 cm³/mol. The van der Waals surface area contributed by atoms with Gasteiger partial charge in [-0.2, -0.15) is 0 Å². The summed E-state index contributed by atoms with van der Waals surface area (Å²) in [7, 11) is 1.75. The van der Waals surface area contributed by atoms with Gasteiger partial charge in [-0.15, -0.1) is 24.8 Å². The zero-order valence-electron chi connectivity index (χ0n) is 16.6. The minimum atomic E-state index is 0. The topological polar surface area (TPSA) is 33.3 Å². The number of nitrogens with one attached hydrogen (secondary N) is 2. The molecule has 1 aliphatic heterocycles. The average Bonchev–Trinajstić information content (AvgIpc) is 3.08. The van der Waals surface area contributed by atoms with Gasteiger partial charge in [0.25, 0.3) is 0 Å². The Morgan fingerprint density at radius 2 is 1.78 bits per heavy atom. The van der Waals surface area contributed by atoms with Gasteiger partial charge in [0, 0.05) is 24.2 Å². The maximum absolute atomic E-state index is 5.58. The summed E-state index contributed by atoms with van der Waals surface area (Å²) < 4.78 is 5.58. The fourth-order valence-electron chi connectivity index (χ4n) is 3.56. The van der Waals surface area contributed by atoms with E-state index >= 15 is 0 Å². The largest absolute Gasteiger partial charge is 0.496 e. The van der Waals surface area contributed by atoms with E-state index in [0.29, 0.717) is 12.1 Å². The highest BCUT2D eigenvalue weighted by Gasteiger charge is 2.27. The summed E-state index contributed by atoms with van der Waals surface area (Å²) in [6.45, 7) is 8.62. The van der Waals surface area contributed by atoms with Gasteiger partial charge < -0.3 is 15.4 Å². The third-order valence-electron chi connectivity index (χ3n) is 5.08. The molecular formula is C22H32Cl2N2O. The van der Waals surface area contributed by atoms with Crippen molar-refractivity contribution in [2.24, 2.45) is 0 Å². The molecule has 27 heavy (non-hydrogen) atoms. The highest BCUT2D eigenvalue weighted by Crippen LogP contribution is 2.29. The minimum Gasteiger partial charge on any atom is -0.496 e. The first-order valence-electron chi connectivity index (χ1n) is 9.18. The standard InChI is InChI=1S/C22H30N2O.2ClH/c1-22(2,3)18-10-11-20(25-4)17(14-18)15-24-19-12-13-23-21(19)16-8-6-5-7-9-16;;/h5-11,14,19,21,23-24H,12-13,15H2,1-4H3;2*1H/t19-,21-;;/m1../s1. The molecule has 0 saturated carbocycles. The van der Waals surface area contributed by atoms with Crippen LogP contribution in [0.1, 0.15) is 49.9 Å². The van der Waals surface area contributed by atoms with E-state index in [2.05, 4.69) is 79.9 Å². The normalized spacial score (nSPS) is 19.1. The van der Waals surface area contributed by atoms with Crippen LogP contribution in [0.25, 0.3) is 0 Å². The highest BCUT2D eigenvalue weighted by molar-refractivity contribution is 5.85. The van der Waals surface area contributed by atoms with Crippen LogP contribution in [0.4, 0.5) is 0 Å². The Bertz CT molecular complexity index is 701. The lowest BCUT2D eigenvalue weighted by Crippen LogP contribution is -2.34. The van der Waals surface area contributed by atoms with Crippen molar-refractivity contribution >= 4 is 24.8 Å². The molecule has 2 atom stereocenters. The van der Waals surface area contributed by atoms with Gasteiger partial charge >= 0.3 is 0 Å². The van der Waals surface area contributed by atoms with E-state index in [1.165, 1.54) is 16.7 Å². The Hall–Kier alpha value is -1.26. The van der Waals surface area contributed by atoms with Crippen molar-refractivity contribution in [2.45, 2.75) is 51.2 Å². The molecule has 1 heterocycles. The molecule has 3 rings (SSSR count). The molecule has 150 valence electrons. The van der Waals surface area contributed by atoms with Crippen LogP contribution in [0.2, 0.25) is 0 Å². The fourth-order valence-corrected chi connectivity index (χ4v) is 3.56. The number of ether oxygens (including phenoxy) is 1. The summed E-state index contributed by atoms with van der Waals surface area (Å²) in [5.41, 5.74) is 4.07. The SMILES string of the molecule is COc1ccc(C(C)(C)C)cc1CN[C@@H]1CCN[C@@H]1c1ccccc1.Cl.Cl. The summed E-state index contributed by atoms with van der Waals surface area (Å²) >= 11 is 0. The average molecular weight is 411 g/mol. The summed E-state index contributed by atoms with van der Waals surface area (Å²) in [5.74, 6) is 0.961. The van der Waals surface area contributed by atoms with Crippen molar-refractivity contribution in [3.8, 4) is 5.75 Å². The van der Waals surface area contributed by atoms with Crippen molar-refractivity contribution in [1.82, 2.24) is 10.6 Å². The molecule has 2 aromatic carbocycles. The Balaban J connectivity index is 0.00000182. The van der Waals surface area contributed by atoms with Crippen molar-refractivity contribution in [3.63, 3.8) is 0 Å². The molecule has 0 aromatic heterocycles. The number of rotatable bonds is 5. The molecule has 1 saturated heterocycles. The van der Waals surface area contributed by atoms with E-state index in [4.69, 9.17) is 4.74 Å². The van der Waals surface area contributed by atoms with Crippen molar-refractivity contribution < 1.29 is 4.74 Å². The lowest BCUT2D eigenvalue weighted by Gasteiger charge is -2.24. The maximum Gasteiger partial charge on any atom is 0.123 e. The van der Waals surface area contributed by atoms with Crippen LogP contribution in [0, 0.1) is 0 Å². The van der Waals surface area contributed by atoms with E-state index < -0.39 is 0 Å². The van der Waals surface area contributed by atoms with Gasteiger partial charge in [0.2, 0.25) is 0 Å². The Morgan fingerprint density at radius 1 is 1.07 bits per heavy atom. The minimum absolute atomic E-state index is 0. The molecule has 0 bridgehead atoms. The third-order valence-corrected chi connectivity index (χ3v) is 5.08. The van der Waals surface area contributed by atoms with Gasteiger partial charge in [0.15, 0.2) is 0 Å². The number of halogens is 2. The molecule has 3 nitrogen and oxygen atoms in total. The van der Waals surface area contributed by atoms with Crippen molar-refractivity contribution in [3.05, 3.63) is 65.2 Å². The van der Waals surface area contributed by atoms with Gasteiger partial charge in [-0.3, -0.25) is 0 Å². The Morgan fingerprint density at radius 3 is 2.41 bits per heavy atom. The van der Waals surface area contributed by atoms with Crippen LogP contribution < -0.4 is 15.4 Å². The monoisotopic (exact) mass is 410 g/mol. The number of benzene rings is 2. The summed E-state index contributed by atoms with van der Waals surface area (Å²) in [6.07, 6.45) is 1.14. The van der Waals surface area contributed by atoms with Crippen LogP contribution >= 0.6 is 24.8 Å². The maximum atomic E-state index is 5.58. The van der Waals surface area contributed by atoms with Crippen molar-refractivity contribution in [2.75, 3.05) is 13.7 Å². The lowest BCUT2D eigenvalue weighted by atomic mass is 9.86. The van der Waals surface area contributed by atoms with Crippen LogP contribution in [0.3, 0.4) is 0 Å². The van der Waals surface area contributed by atoms with Crippen LogP contribution in [0.15, 0.2) is 48.5 Å². The first-order valence-corrected chi connectivity index (χ1v) is 9.18. The summed E-state index contributed by atoms with van der Waals surface area (Å²) in [4.78, 5) is 0. The lowest BCUT2D eigenvalue weighted by molar-refractivity contribution is 0.400. The molecule has 0 unspecified atom stereocenters. The van der Waals surface area contributed by atoms with Crippen LogP contribution in [-0.4, -0.2) is 19.7 Å². The Labute approximate surface area is 176 Å². The second-order valence-corrected chi connectivity index (χ2v) is 7.90. The van der Waals surface area contributed by atoms with Crippen molar-refractivity contribution in [1.29, 1.82) is 0 Å². The predicted octanol–water partition coefficient (Wildman–Crippen LogP) is 5.03. The zero-order valence-corrected chi connectivity index (χ0v) is 18.3. The van der Waals surface area contributed by atoms with Crippen LogP contribution in [0.5, 0.6) is 5.75 Å². The zero-order chi connectivity index (χ0) is 17.9. The first-order chi connectivity index (χ1) is 12.0. The van der Waals surface area contributed by atoms with Gasteiger partial charge in [-0.25, -0.2) is 0 Å². The molecule has 0 amide bonds. The van der Waals surface area contributed by atoms with E-state index in [0.717, 1.165) is 25.3 Å². The second kappa shape index (κ2) is 10.3. The van der Waals surface area contributed by atoms with Gasteiger partial charge in [-0.1, -0.05) is 63.2 Å². The molecule has 0 aliphatic carbocycles. The molecule has 1 aliphatic rings. The molecule has 5 heteroatoms. The first kappa shape index (κ1) is 23.8. The number of hydrogen-bond donors (Lipinski definition) is 2. The highest BCUT2D eigenvalue weighted by atomic mass is 35.5. The quantitative estimate of drug-likeness (QED) is 0.724. The number of hydrogen-bond acceptors (Lipinski definition) is 3. The van der Waals surface area contributed by atoms with Crippen LogP contribution in [-0.2, 0) is 12.0 Å². The second-order valence-electron chi connectivity index (χ2n) is 7.90. The number of methoxy groups -OCH3 is 1. The van der Waals surface area contributed by atoms with E-state index in [9.17, 15) is 0 Å². The van der Waals surface area contributed by atoms with E-state index in [-0.39, 0.29) is 30.2 Å². The molecule has 1 fully saturated rings. The smallest absolute Gasteiger partial charge is 0.123 e. The molecular weight excluding hydrogens is 379 g/mol. The van der Waals surface area contributed by atoms with E-state index in [1.807, 2.05) is 0 Å². The molecule has 0 spiro atoms. The molecule has 2 aromatic rings. The van der Waals surface area contributed by atoms with Gasteiger partial charge in [0.1, 0.15) is 5.75 Å². The van der Waals surface area contributed by atoms with Gasteiger partial charge in [-0.05, 0) is 35.6 Å². The van der Waals surface area contributed by atoms with Gasteiger partial charge in [0.05, 0.1) is 7.11 Å². The fraction of sp³-hybridized carbons (Fsp3) is 0.455. The molecule has 0 radical (unpaired) electrons. The molecule has 2 N–H and O–H groups in total. The summed E-state index contributed by atoms with van der Waals surface area (Å²) in [5, 5.41) is 7.39.